The Morgan fingerprint density at radius 2 is 2.00 bits per heavy atom. The molecule has 1 aromatic rings. The van der Waals surface area contributed by atoms with Crippen molar-refractivity contribution in [3.63, 3.8) is 0 Å². The second kappa shape index (κ2) is 4.50. The van der Waals surface area contributed by atoms with E-state index in [4.69, 9.17) is 14.6 Å². The van der Waals surface area contributed by atoms with Crippen LogP contribution in [0, 0.1) is 0 Å². The molecule has 1 aromatic carbocycles. The Balaban J connectivity index is 3.29. The van der Waals surface area contributed by atoms with E-state index in [-0.39, 0.29) is 5.57 Å². The number of benzene rings is 1. The van der Waals surface area contributed by atoms with Crippen LogP contribution < -0.4 is 9.47 Å². The molecule has 0 fully saturated rings. The summed E-state index contributed by atoms with van der Waals surface area (Å²) in [4.78, 5) is 10.8. The Morgan fingerprint density at radius 1 is 1.33 bits per heavy atom. The van der Waals surface area contributed by atoms with Crippen LogP contribution in [0.3, 0.4) is 0 Å². The molecule has 1 rings (SSSR count). The average molecular weight is 208 g/mol. The number of carboxylic acid groups (broad SMARTS) is 1. The molecule has 0 bridgehead atoms. The third-order valence-electron chi connectivity index (χ3n) is 1.99. The molecule has 0 spiro atoms. The van der Waals surface area contributed by atoms with Crippen LogP contribution in [0.5, 0.6) is 11.5 Å². The lowest BCUT2D eigenvalue weighted by molar-refractivity contribution is -0.130. The second-order valence-corrected chi connectivity index (χ2v) is 2.82. The van der Waals surface area contributed by atoms with E-state index in [0.717, 1.165) is 0 Å². The molecule has 0 saturated carbocycles. The van der Waals surface area contributed by atoms with Gasteiger partial charge in [0.05, 0.1) is 19.8 Å². The first-order valence-corrected chi connectivity index (χ1v) is 4.25. The molecule has 0 heterocycles. The largest absolute Gasteiger partial charge is 0.493 e. The van der Waals surface area contributed by atoms with Gasteiger partial charge in [-0.1, -0.05) is 18.7 Å². The molecule has 1 N–H and O–H groups in total. The summed E-state index contributed by atoms with van der Waals surface area (Å²) in [5.41, 5.74) is 0.398. The number of ether oxygens (including phenoxy) is 2. The van der Waals surface area contributed by atoms with E-state index < -0.39 is 5.97 Å². The number of hydrogen-bond acceptors (Lipinski definition) is 3. The van der Waals surface area contributed by atoms with Crippen LogP contribution >= 0.6 is 0 Å². The summed E-state index contributed by atoms with van der Waals surface area (Å²) in [5, 5.41) is 8.82. The molecule has 15 heavy (non-hydrogen) atoms. The predicted molar refractivity (Wildman–Crippen MR) is 56.2 cm³/mol. The molecule has 4 nitrogen and oxygen atoms in total. The maximum absolute atomic E-state index is 10.8. The van der Waals surface area contributed by atoms with Crippen LogP contribution in [0.4, 0.5) is 0 Å². The third kappa shape index (κ3) is 2.10. The quantitative estimate of drug-likeness (QED) is 0.766. The molecular weight excluding hydrogens is 196 g/mol. The summed E-state index contributed by atoms with van der Waals surface area (Å²) in [6.45, 7) is 3.47. The van der Waals surface area contributed by atoms with E-state index in [1.807, 2.05) is 0 Å². The lowest BCUT2D eigenvalue weighted by Gasteiger charge is -2.11. The van der Waals surface area contributed by atoms with Crippen molar-refractivity contribution in [3.05, 3.63) is 30.3 Å². The molecule has 0 aromatic heterocycles. The second-order valence-electron chi connectivity index (χ2n) is 2.82. The molecule has 0 radical (unpaired) electrons. The SMILES string of the molecule is C=C(C(=O)O)c1cccc(OC)c1OC. The van der Waals surface area contributed by atoms with Gasteiger partial charge in [-0.25, -0.2) is 4.79 Å². The van der Waals surface area contributed by atoms with Gasteiger partial charge in [-0.05, 0) is 6.07 Å². The minimum atomic E-state index is -1.08. The van der Waals surface area contributed by atoms with Crippen molar-refractivity contribution >= 4 is 11.5 Å². The van der Waals surface area contributed by atoms with Crippen molar-refractivity contribution in [1.29, 1.82) is 0 Å². The van der Waals surface area contributed by atoms with E-state index in [0.29, 0.717) is 17.1 Å². The number of aliphatic carboxylic acids is 1. The molecule has 0 aliphatic carbocycles. The fraction of sp³-hybridized carbons (Fsp3) is 0.182. The van der Waals surface area contributed by atoms with Crippen molar-refractivity contribution < 1.29 is 19.4 Å². The van der Waals surface area contributed by atoms with Gasteiger partial charge in [0, 0.05) is 5.56 Å². The van der Waals surface area contributed by atoms with Crippen molar-refractivity contribution in [1.82, 2.24) is 0 Å². The molecule has 0 aliphatic heterocycles. The topological polar surface area (TPSA) is 55.8 Å². The standard InChI is InChI=1S/C11H12O4/c1-7(11(12)13)8-5-4-6-9(14-2)10(8)15-3/h4-6H,1H2,2-3H3,(H,12,13). The molecular formula is C11H12O4. The van der Waals surface area contributed by atoms with E-state index in [9.17, 15) is 4.79 Å². The lowest BCUT2D eigenvalue weighted by Crippen LogP contribution is -2.01. The minimum Gasteiger partial charge on any atom is -0.493 e. The summed E-state index contributed by atoms with van der Waals surface area (Å²) in [6.07, 6.45) is 0. The summed E-state index contributed by atoms with van der Waals surface area (Å²) < 4.78 is 10.1. The number of hydrogen-bond donors (Lipinski definition) is 1. The highest BCUT2D eigenvalue weighted by Gasteiger charge is 2.15. The Morgan fingerprint density at radius 3 is 2.47 bits per heavy atom. The Kier molecular flexibility index (Phi) is 3.33. The monoisotopic (exact) mass is 208 g/mol. The molecule has 80 valence electrons. The summed E-state index contributed by atoms with van der Waals surface area (Å²) in [5.74, 6) is -0.216. The molecule has 0 aliphatic rings. The van der Waals surface area contributed by atoms with Gasteiger partial charge in [0.15, 0.2) is 11.5 Å². The van der Waals surface area contributed by atoms with Crippen LogP contribution in [0.2, 0.25) is 0 Å². The number of carboxylic acids is 1. The molecule has 4 heteroatoms. The number of rotatable bonds is 4. The van der Waals surface area contributed by atoms with Crippen LogP contribution in [0.15, 0.2) is 24.8 Å². The van der Waals surface area contributed by atoms with E-state index >= 15 is 0 Å². The Hall–Kier alpha value is -1.97. The van der Waals surface area contributed by atoms with E-state index in [1.54, 1.807) is 18.2 Å². The van der Waals surface area contributed by atoms with Gasteiger partial charge in [0.25, 0.3) is 0 Å². The van der Waals surface area contributed by atoms with Gasteiger partial charge < -0.3 is 14.6 Å². The van der Waals surface area contributed by atoms with Crippen molar-refractivity contribution in [2.75, 3.05) is 14.2 Å². The summed E-state index contributed by atoms with van der Waals surface area (Å²) >= 11 is 0. The van der Waals surface area contributed by atoms with Gasteiger partial charge in [-0.3, -0.25) is 0 Å². The molecule has 0 unspecified atom stereocenters. The first-order valence-electron chi connectivity index (χ1n) is 4.25. The predicted octanol–water partition coefficient (Wildman–Crippen LogP) is 1.80. The first kappa shape index (κ1) is 11.1. The number of carbonyl (C=O) groups is 1. The van der Waals surface area contributed by atoms with E-state index in [2.05, 4.69) is 6.58 Å². The maximum Gasteiger partial charge on any atom is 0.335 e. The number of para-hydroxylation sites is 1. The third-order valence-corrected chi connectivity index (χ3v) is 1.99. The highest BCUT2D eigenvalue weighted by atomic mass is 16.5. The first-order chi connectivity index (χ1) is 7.11. The van der Waals surface area contributed by atoms with E-state index in [1.165, 1.54) is 14.2 Å². The zero-order valence-corrected chi connectivity index (χ0v) is 8.61. The smallest absolute Gasteiger partial charge is 0.335 e. The normalized spacial score (nSPS) is 9.47. The van der Waals surface area contributed by atoms with Crippen LogP contribution in [-0.4, -0.2) is 25.3 Å². The number of methoxy groups -OCH3 is 2. The highest BCUT2D eigenvalue weighted by molar-refractivity contribution is 6.15. The van der Waals surface area contributed by atoms with Gasteiger partial charge >= 0.3 is 5.97 Å². The maximum atomic E-state index is 10.8. The summed E-state index contributed by atoms with van der Waals surface area (Å²) in [7, 11) is 2.95. The summed E-state index contributed by atoms with van der Waals surface area (Å²) in [6, 6.07) is 5.00. The van der Waals surface area contributed by atoms with Crippen LogP contribution in [0.1, 0.15) is 5.56 Å². The molecule has 0 amide bonds. The van der Waals surface area contributed by atoms with Crippen LogP contribution in [-0.2, 0) is 4.79 Å². The van der Waals surface area contributed by atoms with Crippen molar-refractivity contribution in [2.45, 2.75) is 0 Å². The van der Waals surface area contributed by atoms with Crippen molar-refractivity contribution in [3.8, 4) is 11.5 Å². The van der Waals surface area contributed by atoms with Crippen molar-refractivity contribution in [2.24, 2.45) is 0 Å². The fourth-order valence-electron chi connectivity index (χ4n) is 1.24. The minimum absolute atomic E-state index is 0.0225. The molecule has 0 saturated heterocycles. The van der Waals surface area contributed by atoms with Gasteiger partial charge in [-0.15, -0.1) is 0 Å². The van der Waals surface area contributed by atoms with Gasteiger partial charge in [-0.2, -0.15) is 0 Å². The zero-order chi connectivity index (χ0) is 11.4. The lowest BCUT2D eigenvalue weighted by atomic mass is 10.1. The van der Waals surface area contributed by atoms with Crippen LogP contribution in [0.25, 0.3) is 5.57 Å². The van der Waals surface area contributed by atoms with Gasteiger partial charge in [0.2, 0.25) is 0 Å². The Labute approximate surface area is 87.7 Å². The highest BCUT2D eigenvalue weighted by Crippen LogP contribution is 2.34. The fourth-order valence-corrected chi connectivity index (χ4v) is 1.24. The van der Waals surface area contributed by atoms with Gasteiger partial charge in [0.1, 0.15) is 0 Å². The molecule has 0 atom stereocenters. The zero-order valence-electron chi connectivity index (χ0n) is 8.61. The Bertz CT molecular complexity index is 396. The average Bonchev–Trinajstić information content (AvgIpc) is 2.26.